The second-order valence-electron chi connectivity index (χ2n) is 7.59. The smallest absolute Gasteiger partial charge is 0.411 e. The van der Waals surface area contributed by atoms with Crippen molar-refractivity contribution in [2.75, 3.05) is 37.6 Å². The topological polar surface area (TPSA) is 66.0 Å². The van der Waals surface area contributed by atoms with Gasteiger partial charge in [0.05, 0.1) is 25.3 Å². The van der Waals surface area contributed by atoms with Gasteiger partial charge in [0, 0.05) is 25.2 Å². The molecule has 3 saturated heterocycles. The number of pyridine rings is 1. The van der Waals surface area contributed by atoms with Crippen LogP contribution < -0.4 is 4.90 Å². The molecule has 3 aliphatic heterocycles. The molecule has 2 amide bonds. The van der Waals surface area contributed by atoms with E-state index in [0.29, 0.717) is 38.5 Å². The average Bonchev–Trinajstić information content (AvgIpc) is 2.99. The van der Waals surface area contributed by atoms with Gasteiger partial charge in [-0.1, -0.05) is 6.07 Å². The number of rotatable bonds is 2. The highest BCUT2D eigenvalue weighted by Crippen LogP contribution is 2.41. The molecule has 3 aliphatic rings. The minimum atomic E-state index is -0.742. The fourth-order valence-corrected chi connectivity index (χ4v) is 4.33. The molecule has 0 saturated carbocycles. The van der Waals surface area contributed by atoms with Crippen molar-refractivity contribution in [1.29, 1.82) is 0 Å². The maximum atomic E-state index is 13.5. The van der Waals surface area contributed by atoms with Gasteiger partial charge < -0.3 is 14.5 Å². The first kappa shape index (κ1) is 17.8. The Bertz CT molecular complexity index is 978. The number of ether oxygens (including phenoxy) is 1. The highest BCUT2D eigenvalue weighted by Gasteiger charge is 2.62. The molecule has 1 unspecified atom stereocenters. The van der Waals surface area contributed by atoms with Gasteiger partial charge >= 0.3 is 6.09 Å². The first-order valence-corrected chi connectivity index (χ1v) is 9.36. The fourth-order valence-electron chi connectivity index (χ4n) is 4.33. The summed E-state index contributed by atoms with van der Waals surface area (Å²) in [7, 11) is 0. The van der Waals surface area contributed by atoms with E-state index in [9.17, 15) is 18.4 Å². The van der Waals surface area contributed by atoms with Gasteiger partial charge in [-0.2, -0.15) is 0 Å². The number of hydrogen-bond acceptors (Lipinski definition) is 5. The molecule has 7 nitrogen and oxygen atoms in total. The highest BCUT2D eigenvalue weighted by atomic mass is 19.1. The van der Waals surface area contributed by atoms with E-state index in [1.54, 1.807) is 21.9 Å². The Morgan fingerprint density at radius 3 is 2.69 bits per heavy atom. The van der Waals surface area contributed by atoms with E-state index in [1.807, 2.05) is 4.90 Å². The Balaban J connectivity index is 1.33. The quantitative estimate of drug-likeness (QED) is 0.771. The van der Waals surface area contributed by atoms with Gasteiger partial charge in [-0.15, -0.1) is 0 Å². The first-order chi connectivity index (χ1) is 13.9. The molecule has 0 radical (unpaired) electrons. The number of nitrogens with zero attached hydrogens (tertiary/aromatic N) is 4. The van der Waals surface area contributed by atoms with Gasteiger partial charge in [0.1, 0.15) is 17.5 Å². The van der Waals surface area contributed by atoms with Crippen LogP contribution in [0.1, 0.15) is 10.4 Å². The third-order valence-electron chi connectivity index (χ3n) is 5.82. The number of amides is 2. The molecule has 2 aromatic rings. The van der Waals surface area contributed by atoms with Gasteiger partial charge in [0.15, 0.2) is 5.60 Å². The molecule has 3 fully saturated rings. The zero-order valence-corrected chi connectivity index (χ0v) is 15.4. The lowest BCUT2D eigenvalue weighted by Gasteiger charge is -2.51. The van der Waals surface area contributed by atoms with Gasteiger partial charge in [-0.05, 0) is 30.3 Å². The molecule has 9 heteroatoms. The molecule has 29 heavy (non-hydrogen) atoms. The van der Waals surface area contributed by atoms with Crippen LogP contribution in [0.2, 0.25) is 0 Å². The first-order valence-electron chi connectivity index (χ1n) is 9.36. The lowest BCUT2D eigenvalue weighted by molar-refractivity contribution is -0.00670. The van der Waals surface area contributed by atoms with Crippen molar-refractivity contribution in [3.8, 4) is 0 Å². The zero-order valence-electron chi connectivity index (χ0n) is 15.4. The summed E-state index contributed by atoms with van der Waals surface area (Å²) >= 11 is 0. The third kappa shape index (κ3) is 2.88. The molecule has 5 rings (SSSR count). The van der Waals surface area contributed by atoms with E-state index in [2.05, 4.69) is 4.98 Å². The van der Waals surface area contributed by atoms with Crippen LogP contribution in [0.25, 0.3) is 0 Å². The Kier molecular flexibility index (Phi) is 3.94. The molecule has 0 bridgehead atoms. The number of carbonyl (C=O) groups excluding carboxylic acids is 2. The highest BCUT2D eigenvalue weighted by molar-refractivity contribution is 5.94. The summed E-state index contributed by atoms with van der Waals surface area (Å²) < 4.78 is 32.3. The second-order valence-corrected chi connectivity index (χ2v) is 7.59. The number of aromatic nitrogens is 1. The fraction of sp³-hybridized carbons (Fsp3) is 0.350. The summed E-state index contributed by atoms with van der Waals surface area (Å²) in [6.45, 7) is 1.87. The summed E-state index contributed by atoms with van der Waals surface area (Å²) in [6, 6.07) is 8.21. The summed E-state index contributed by atoms with van der Waals surface area (Å²) in [6.07, 6.45) is 0.757. The molecule has 150 valence electrons. The van der Waals surface area contributed by atoms with Crippen LogP contribution in [0.5, 0.6) is 0 Å². The summed E-state index contributed by atoms with van der Waals surface area (Å²) in [5.41, 5.74) is -0.461. The van der Waals surface area contributed by atoms with E-state index in [1.165, 1.54) is 24.3 Å². The number of fused-ring (bicyclic) bond motifs is 2. The minimum absolute atomic E-state index is 0.268. The SMILES string of the molecule is O=C(c1cccc(F)c1)N1CCN2C(=O)OC3(CN(c4ccc(F)cn4)C3)C2C1. The van der Waals surface area contributed by atoms with Gasteiger partial charge in [0.2, 0.25) is 0 Å². The molecule has 1 atom stereocenters. The number of piperazine rings is 1. The number of hydrogen-bond donors (Lipinski definition) is 0. The number of benzene rings is 1. The van der Waals surface area contributed by atoms with E-state index in [0.717, 1.165) is 6.20 Å². The van der Waals surface area contributed by atoms with Gasteiger partial charge in [-0.25, -0.2) is 18.6 Å². The van der Waals surface area contributed by atoms with Crippen molar-refractivity contribution in [3.63, 3.8) is 0 Å². The van der Waals surface area contributed by atoms with E-state index in [-0.39, 0.29) is 23.6 Å². The van der Waals surface area contributed by atoms with E-state index in [4.69, 9.17) is 4.74 Å². The maximum absolute atomic E-state index is 13.5. The van der Waals surface area contributed by atoms with Crippen molar-refractivity contribution in [3.05, 3.63) is 59.8 Å². The monoisotopic (exact) mass is 400 g/mol. The lowest BCUT2D eigenvalue weighted by atomic mass is 9.84. The third-order valence-corrected chi connectivity index (χ3v) is 5.82. The van der Waals surface area contributed by atoms with Crippen LogP contribution in [0.3, 0.4) is 0 Å². The van der Waals surface area contributed by atoms with Gasteiger partial charge in [-0.3, -0.25) is 9.69 Å². The maximum Gasteiger partial charge on any atom is 0.411 e. The van der Waals surface area contributed by atoms with Crippen LogP contribution in [-0.4, -0.2) is 71.2 Å². The predicted molar refractivity (Wildman–Crippen MR) is 98.4 cm³/mol. The van der Waals surface area contributed by atoms with Crippen LogP contribution in [0, 0.1) is 11.6 Å². The van der Waals surface area contributed by atoms with Crippen molar-refractivity contribution in [1.82, 2.24) is 14.8 Å². The van der Waals surface area contributed by atoms with Crippen molar-refractivity contribution in [2.24, 2.45) is 0 Å². The Labute approximate surface area is 165 Å². The van der Waals surface area contributed by atoms with Crippen LogP contribution >= 0.6 is 0 Å². The molecule has 0 N–H and O–H groups in total. The molecule has 1 spiro atoms. The molecular weight excluding hydrogens is 382 g/mol. The number of halogens is 2. The molecule has 1 aromatic heterocycles. The Morgan fingerprint density at radius 1 is 1.14 bits per heavy atom. The summed E-state index contributed by atoms with van der Waals surface area (Å²) in [5, 5.41) is 0. The largest absolute Gasteiger partial charge is 0.437 e. The van der Waals surface area contributed by atoms with Gasteiger partial charge in [0.25, 0.3) is 5.91 Å². The zero-order chi connectivity index (χ0) is 20.2. The molecular formula is C20H18F2N4O3. The predicted octanol–water partition coefficient (Wildman–Crippen LogP) is 1.90. The molecule has 0 aliphatic carbocycles. The number of anilines is 1. The van der Waals surface area contributed by atoms with Crippen LogP contribution in [0.15, 0.2) is 42.6 Å². The summed E-state index contributed by atoms with van der Waals surface area (Å²) in [4.78, 5) is 34.4. The molecule has 4 heterocycles. The van der Waals surface area contributed by atoms with Crippen molar-refractivity contribution >= 4 is 17.8 Å². The van der Waals surface area contributed by atoms with E-state index < -0.39 is 17.2 Å². The minimum Gasteiger partial charge on any atom is -0.437 e. The van der Waals surface area contributed by atoms with E-state index >= 15 is 0 Å². The van der Waals surface area contributed by atoms with Crippen LogP contribution in [-0.2, 0) is 4.74 Å². The second kappa shape index (κ2) is 6.40. The normalized spacial score (nSPS) is 22.3. The average molecular weight is 400 g/mol. The summed E-state index contributed by atoms with van der Waals surface area (Å²) in [5.74, 6) is -0.543. The van der Waals surface area contributed by atoms with Crippen molar-refractivity contribution in [2.45, 2.75) is 11.6 Å². The van der Waals surface area contributed by atoms with Crippen molar-refractivity contribution < 1.29 is 23.1 Å². The lowest BCUT2D eigenvalue weighted by Crippen LogP contribution is -2.71. The Hall–Kier alpha value is -3.23. The van der Waals surface area contributed by atoms with Crippen LogP contribution in [0.4, 0.5) is 19.4 Å². The Morgan fingerprint density at radius 2 is 1.97 bits per heavy atom. The molecule has 1 aromatic carbocycles. The standard InChI is InChI=1S/C20H18F2N4O3/c21-14-3-1-2-13(8-14)18(27)24-6-7-26-16(10-24)20(29-19(26)28)11-25(12-20)17-5-4-15(22)9-23-17/h1-5,8-9,16H,6-7,10-12H2. The number of carbonyl (C=O) groups is 2.